The van der Waals surface area contributed by atoms with E-state index in [1.165, 1.54) is 173 Å². The maximum Gasteiger partial charge on any atom is 0.490 e. The summed E-state index contributed by atoms with van der Waals surface area (Å²) in [7, 11) is 0. The lowest BCUT2D eigenvalue weighted by Gasteiger charge is -2.19. The van der Waals surface area contributed by atoms with Crippen molar-refractivity contribution in [3.8, 4) is 22.3 Å². The van der Waals surface area contributed by atoms with E-state index in [2.05, 4.69) is 108 Å². The van der Waals surface area contributed by atoms with Gasteiger partial charge >= 0.3 is 36.3 Å². The third-order valence-corrected chi connectivity index (χ3v) is 15.5. The predicted molar refractivity (Wildman–Crippen MR) is 332 cm³/mol. The molecular formula is C70H99F3N2O10. The van der Waals surface area contributed by atoms with Crippen molar-refractivity contribution in [3.63, 3.8) is 0 Å². The average molecular weight is 1190 g/mol. The summed E-state index contributed by atoms with van der Waals surface area (Å²) in [6, 6.07) is 33.6. The Labute approximate surface area is 505 Å². The number of fused-ring (bicyclic) bond motifs is 6. The van der Waals surface area contributed by atoms with Crippen molar-refractivity contribution < 1.29 is 61.6 Å². The number of aliphatic carboxylic acids is 2. The number of rotatable bonds is 38. The molecule has 0 fully saturated rings. The third kappa shape index (κ3) is 29.5. The summed E-state index contributed by atoms with van der Waals surface area (Å²) < 4.78 is 48.3. The molecule has 85 heavy (non-hydrogen) atoms. The van der Waals surface area contributed by atoms with Gasteiger partial charge in [-0.2, -0.15) is 13.2 Å². The highest BCUT2D eigenvalue weighted by Crippen LogP contribution is 2.46. The Kier molecular flexibility index (Phi) is 34.2. The highest BCUT2D eigenvalue weighted by atomic mass is 19.4. The van der Waals surface area contributed by atoms with E-state index in [0.717, 1.165) is 51.4 Å². The molecule has 4 N–H and O–H groups in total. The molecule has 0 aromatic heterocycles. The molecule has 4 aromatic rings. The van der Waals surface area contributed by atoms with Gasteiger partial charge in [0.05, 0.1) is 0 Å². The van der Waals surface area contributed by atoms with Gasteiger partial charge < -0.3 is 35.1 Å². The minimum Gasteiger partial charge on any atom is -0.481 e. The van der Waals surface area contributed by atoms with E-state index in [9.17, 15) is 32.3 Å². The second kappa shape index (κ2) is 40.8. The molecule has 0 bridgehead atoms. The highest BCUT2D eigenvalue weighted by molar-refractivity contribution is 5.80. The maximum atomic E-state index is 12.3. The summed E-state index contributed by atoms with van der Waals surface area (Å²) in [6.07, 6.45) is 29.1. The maximum absolute atomic E-state index is 12.3. The van der Waals surface area contributed by atoms with Crippen LogP contribution in [0.15, 0.2) is 97.1 Å². The zero-order valence-electron chi connectivity index (χ0n) is 51.2. The number of carboxylic acid groups (broad SMARTS) is 2. The van der Waals surface area contributed by atoms with Gasteiger partial charge in [0.25, 0.3) is 0 Å². The number of halogens is 3. The topological polar surface area (TPSA) is 178 Å². The van der Waals surface area contributed by atoms with E-state index >= 15 is 0 Å². The largest absolute Gasteiger partial charge is 0.490 e. The van der Waals surface area contributed by atoms with E-state index in [-0.39, 0.29) is 35.6 Å². The molecule has 2 aliphatic carbocycles. The lowest BCUT2D eigenvalue weighted by molar-refractivity contribution is -0.192. The van der Waals surface area contributed by atoms with E-state index in [4.69, 9.17) is 29.2 Å². The summed E-state index contributed by atoms with van der Waals surface area (Å²) in [6.45, 7) is 7.85. The number of nitrogens with one attached hydrogen (secondary N) is 2. The second-order valence-corrected chi connectivity index (χ2v) is 23.7. The average Bonchev–Trinajstić information content (AvgIpc) is 2.26. The summed E-state index contributed by atoms with van der Waals surface area (Å²) in [5.74, 6) is -3.29. The first-order valence-corrected chi connectivity index (χ1v) is 31.9. The normalized spacial score (nSPS) is 12.3. The van der Waals surface area contributed by atoms with Crippen LogP contribution in [0.2, 0.25) is 0 Å². The molecule has 0 aliphatic heterocycles. The molecule has 0 radical (unpaired) electrons. The first kappa shape index (κ1) is 71.1. The molecule has 470 valence electrons. The fourth-order valence-electron chi connectivity index (χ4n) is 11.1. The molecule has 6 rings (SSSR count). The van der Waals surface area contributed by atoms with Crippen LogP contribution in [0.1, 0.15) is 247 Å². The summed E-state index contributed by atoms with van der Waals surface area (Å²) >= 11 is 0. The molecule has 2 aliphatic rings. The number of esters is 1. The Hall–Kier alpha value is -6.38. The Morgan fingerprint density at radius 3 is 0.906 bits per heavy atom. The monoisotopic (exact) mass is 1180 g/mol. The van der Waals surface area contributed by atoms with E-state index in [1.54, 1.807) is 0 Å². The van der Waals surface area contributed by atoms with Gasteiger partial charge in [-0.3, -0.25) is 9.59 Å². The summed E-state index contributed by atoms with van der Waals surface area (Å²) in [5.41, 5.74) is 9.57. The van der Waals surface area contributed by atoms with Crippen molar-refractivity contribution in [2.45, 2.75) is 237 Å². The minimum atomic E-state index is -5.08. The molecule has 0 saturated heterocycles. The van der Waals surface area contributed by atoms with E-state index < -0.39 is 18.1 Å². The van der Waals surface area contributed by atoms with Gasteiger partial charge in [-0.1, -0.05) is 251 Å². The van der Waals surface area contributed by atoms with Crippen LogP contribution in [0, 0.1) is 0 Å². The van der Waals surface area contributed by atoms with Crippen molar-refractivity contribution in [1.82, 2.24) is 10.6 Å². The fraction of sp³-hybridized carbons (Fsp3) is 0.586. The standard InChI is InChI=1S/C36H53NO4.C32H45NO4.C2HF3O2/c1-36(2,3)41-34(38)26-16-14-12-10-8-6-4-5-7-9-11-13-15-21-27-37-35(39)40-28-33-31-24-19-17-22-29(31)30-23-18-20-25-32(30)33;34-31(35)23-13-11-9-7-5-3-1-2-4-6-8-10-12-18-24-33-32(36)37-25-30-28-21-16-14-19-26(28)27-20-15-17-22-29(27)30;3-2(4,5)1(6)7/h17-20,22-25,33H,4-16,21,26-28H2,1-3H3,(H,37,39);14-17,19-22,30H,1-13,18,23-25H2,(H,33,36)(H,34,35);(H,6,7). The number of alkyl halides is 3. The van der Waals surface area contributed by atoms with Crippen LogP contribution in [0.25, 0.3) is 22.3 Å². The number of carbonyl (C=O) groups is 5. The molecule has 4 aromatic carbocycles. The lowest BCUT2D eigenvalue weighted by atomic mass is 9.98. The Morgan fingerprint density at radius 1 is 0.400 bits per heavy atom. The van der Waals surface area contributed by atoms with E-state index in [0.29, 0.717) is 39.1 Å². The molecule has 0 spiro atoms. The van der Waals surface area contributed by atoms with Crippen molar-refractivity contribution in [3.05, 3.63) is 119 Å². The van der Waals surface area contributed by atoms with Gasteiger partial charge in [-0.25, -0.2) is 14.4 Å². The van der Waals surface area contributed by atoms with Gasteiger partial charge in [0, 0.05) is 37.8 Å². The number of ether oxygens (including phenoxy) is 3. The van der Waals surface area contributed by atoms with Gasteiger partial charge in [0.1, 0.15) is 18.8 Å². The number of hydrogen-bond donors (Lipinski definition) is 4. The Morgan fingerprint density at radius 2 is 0.647 bits per heavy atom. The van der Waals surface area contributed by atoms with Crippen LogP contribution in [-0.4, -0.2) is 78.4 Å². The quantitative estimate of drug-likeness (QED) is 0.0192. The molecule has 0 heterocycles. The molecule has 0 atom stereocenters. The molecular weight excluding hydrogens is 1090 g/mol. The molecule has 2 amide bonds. The number of amides is 2. The van der Waals surface area contributed by atoms with Crippen LogP contribution in [0.3, 0.4) is 0 Å². The highest BCUT2D eigenvalue weighted by Gasteiger charge is 2.38. The number of carbonyl (C=O) groups excluding carboxylic acids is 3. The van der Waals surface area contributed by atoms with Gasteiger partial charge in [-0.05, 0) is 91.0 Å². The molecule has 0 saturated carbocycles. The molecule has 15 heteroatoms. The molecule has 0 unspecified atom stereocenters. The number of benzene rings is 4. The van der Waals surface area contributed by atoms with Gasteiger partial charge in [-0.15, -0.1) is 0 Å². The fourth-order valence-corrected chi connectivity index (χ4v) is 11.1. The zero-order valence-corrected chi connectivity index (χ0v) is 51.2. The van der Waals surface area contributed by atoms with Gasteiger partial charge in [0.2, 0.25) is 0 Å². The van der Waals surface area contributed by atoms with Crippen LogP contribution in [-0.2, 0) is 28.6 Å². The molecule has 12 nitrogen and oxygen atoms in total. The minimum absolute atomic E-state index is 0.0669. The number of hydrogen-bond acceptors (Lipinski definition) is 8. The first-order chi connectivity index (χ1) is 41.0. The van der Waals surface area contributed by atoms with Crippen molar-refractivity contribution in [2.75, 3.05) is 26.3 Å². The Balaban J connectivity index is 0.000000329. The van der Waals surface area contributed by atoms with Crippen molar-refractivity contribution in [1.29, 1.82) is 0 Å². The third-order valence-electron chi connectivity index (χ3n) is 15.5. The van der Waals surface area contributed by atoms with Crippen LogP contribution in [0.5, 0.6) is 0 Å². The Bertz CT molecular complexity index is 2470. The van der Waals surface area contributed by atoms with Crippen LogP contribution < -0.4 is 10.6 Å². The number of carboxylic acids is 2. The lowest BCUT2D eigenvalue weighted by Crippen LogP contribution is -2.27. The van der Waals surface area contributed by atoms with Gasteiger partial charge in [0.15, 0.2) is 0 Å². The van der Waals surface area contributed by atoms with Crippen LogP contribution >= 0.6 is 0 Å². The zero-order chi connectivity index (χ0) is 61.6. The number of alkyl carbamates (subject to hydrolysis) is 2. The predicted octanol–water partition coefficient (Wildman–Crippen LogP) is 18.8. The van der Waals surface area contributed by atoms with Crippen LogP contribution in [0.4, 0.5) is 22.8 Å². The number of unbranched alkanes of at least 4 members (excludes halogenated alkanes) is 26. The second-order valence-electron chi connectivity index (χ2n) is 23.7. The summed E-state index contributed by atoms with van der Waals surface area (Å²) in [5, 5.41) is 21.6. The van der Waals surface area contributed by atoms with E-state index in [1.807, 2.05) is 20.8 Å². The van der Waals surface area contributed by atoms with Crippen molar-refractivity contribution in [2.24, 2.45) is 0 Å². The smallest absolute Gasteiger partial charge is 0.481 e. The first-order valence-electron chi connectivity index (χ1n) is 31.9. The van der Waals surface area contributed by atoms with Crippen molar-refractivity contribution >= 4 is 30.1 Å². The summed E-state index contributed by atoms with van der Waals surface area (Å²) in [4.78, 5) is 55.6. The SMILES string of the molecule is CC(C)(C)OC(=O)CCCCCCCCCCCCCCCCNC(=O)OCC1c2ccccc2-c2ccccc21.O=C(O)C(F)(F)F.O=C(O)CCCCCCCCCCCCCCCCNC(=O)OCC1c2ccccc2-c2ccccc21.